The number of methoxy groups -OCH3 is 1. The molecule has 0 radical (unpaired) electrons. The predicted molar refractivity (Wildman–Crippen MR) is 107 cm³/mol. The summed E-state index contributed by atoms with van der Waals surface area (Å²) in [7, 11) is 1.79. The van der Waals surface area contributed by atoms with Crippen LogP contribution in [-0.4, -0.2) is 32.2 Å². The third-order valence-electron chi connectivity index (χ3n) is 5.01. The van der Waals surface area contributed by atoms with Crippen LogP contribution in [0.3, 0.4) is 0 Å². The summed E-state index contributed by atoms with van der Waals surface area (Å²) < 4.78 is 5.43. The number of carbonyl (C=O) groups is 1. The fourth-order valence-electron chi connectivity index (χ4n) is 3.45. The first-order valence-electron chi connectivity index (χ1n) is 9.37. The summed E-state index contributed by atoms with van der Waals surface area (Å²) >= 11 is 0. The van der Waals surface area contributed by atoms with Crippen molar-refractivity contribution in [1.29, 1.82) is 0 Å². The van der Waals surface area contributed by atoms with Crippen LogP contribution < -0.4 is 10.2 Å². The second-order valence-corrected chi connectivity index (χ2v) is 7.01. The molecule has 4 nitrogen and oxygen atoms in total. The molecule has 1 amide bonds. The van der Waals surface area contributed by atoms with E-state index in [1.165, 1.54) is 16.8 Å². The van der Waals surface area contributed by atoms with Gasteiger partial charge in [0.1, 0.15) is 0 Å². The van der Waals surface area contributed by atoms with E-state index in [-0.39, 0.29) is 5.91 Å². The highest BCUT2D eigenvalue weighted by Crippen LogP contribution is 2.23. The number of aryl methyl sites for hydroxylation is 2. The van der Waals surface area contributed by atoms with Crippen molar-refractivity contribution in [2.45, 2.75) is 38.7 Å². The van der Waals surface area contributed by atoms with Crippen LogP contribution >= 0.6 is 0 Å². The first kappa shape index (κ1) is 18.5. The van der Waals surface area contributed by atoms with Gasteiger partial charge < -0.3 is 15.0 Å². The van der Waals surface area contributed by atoms with E-state index in [4.69, 9.17) is 4.74 Å². The lowest BCUT2D eigenvalue weighted by Gasteiger charge is -2.33. The van der Waals surface area contributed by atoms with Crippen molar-refractivity contribution in [1.82, 2.24) is 0 Å². The van der Waals surface area contributed by atoms with Crippen molar-refractivity contribution in [2.75, 3.05) is 30.4 Å². The molecule has 138 valence electrons. The number of nitrogens with zero attached hydrogens (tertiary/aromatic N) is 1. The molecule has 0 saturated carbocycles. The Morgan fingerprint density at radius 2 is 1.88 bits per heavy atom. The Labute approximate surface area is 156 Å². The zero-order chi connectivity index (χ0) is 18.4. The Balaban J connectivity index is 1.48. The first-order valence-corrected chi connectivity index (χ1v) is 9.37. The zero-order valence-corrected chi connectivity index (χ0v) is 15.7. The van der Waals surface area contributed by atoms with Crippen molar-refractivity contribution in [3.8, 4) is 0 Å². The smallest absolute Gasteiger partial charge is 0.224 e. The monoisotopic (exact) mass is 352 g/mol. The number of ether oxygens (including phenoxy) is 1. The largest absolute Gasteiger partial charge is 0.381 e. The van der Waals surface area contributed by atoms with Crippen LogP contribution in [0.2, 0.25) is 0 Å². The van der Waals surface area contributed by atoms with Crippen LogP contribution in [0.25, 0.3) is 0 Å². The van der Waals surface area contributed by atoms with E-state index < -0.39 is 0 Å². The van der Waals surface area contributed by atoms with Gasteiger partial charge in [-0.25, -0.2) is 0 Å². The van der Waals surface area contributed by atoms with Crippen molar-refractivity contribution < 1.29 is 9.53 Å². The molecular formula is C22H28N2O2. The Kier molecular flexibility index (Phi) is 6.29. The molecular weight excluding hydrogens is 324 g/mol. The normalized spacial score (nSPS) is 15.1. The lowest BCUT2D eigenvalue weighted by molar-refractivity contribution is -0.116. The van der Waals surface area contributed by atoms with Crippen molar-refractivity contribution in [2.24, 2.45) is 0 Å². The predicted octanol–water partition coefficient (Wildman–Crippen LogP) is 4.18. The average molecular weight is 352 g/mol. The van der Waals surface area contributed by atoms with Gasteiger partial charge in [-0.2, -0.15) is 0 Å². The zero-order valence-electron chi connectivity index (χ0n) is 15.7. The second kappa shape index (κ2) is 8.86. The van der Waals surface area contributed by atoms with Crippen molar-refractivity contribution in [3.63, 3.8) is 0 Å². The maximum atomic E-state index is 12.2. The number of piperidine rings is 1. The van der Waals surface area contributed by atoms with Gasteiger partial charge in [0, 0.05) is 38.0 Å². The number of benzene rings is 2. The van der Waals surface area contributed by atoms with E-state index in [0.29, 0.717) is 12.5 Å². The van der Waals surface area contributed by atoms with E-state index >= 15 is 0 Å². The number of hydrogen-bond donors (Lipinski definition) is 1. The molecule has 1 saturated heterocycles. The molecule has 3 rings (SSSR count). The molecule has 1 N–H and O–H groups in total. The summed E-state index contributed by atoms with van der Waals surface area (Å²) in [4.78, 5) is 14.6. The highest BCUT2D eigenvalue weighted by molar-refractivity contribution is 5.91. The van der Waals surface area contributed by atoms with E-state index in [1.807, 2.05) is 18.2 Å². The van der Waals surface area contributed by atoms with Crippen LogP contribution in [0.15, 0.2) is 48.5 Å². The lowest BCUT2D eigenvalue weighted by atomic mass is 10.1. The number of anilines is 2. The van der Waals surface area contributed by atoms with Crippen LogP contribution in [0, 0.1) is 6.92 Å². The van der Waals surface area contributed by atoms with E-state index in [9.17, 15) is 4.79 Å². The fourth-order valence-corrected chi connectivity index (χ4v) is 3.45. The number of carbonyl (C=O) groups excluding carboxylic acids is 1. The Morgan fingerprint density at radius 3 is 2.54 bits per heavy atom. The minimum Gasteiger partial charge on any atom is -0.381 e. The van der Waals surface area contributed by atoms with E-state index in [0.717, 1.165) is 38.0 Å². The van der Waals surface area contributed by atoms with Crippen molar-refractivity contribution in [3.05, 3.63) is 59.7 Å². The SMILES string of the molecule is COC1CCN(c2ccc(NC(=O)CCc3cccc(C)c3)cc2)CC1. The Morgan fingerprint density at radius 1 is 1.15 bits per heavy atom. The highest BCUT2D eigenvalue weighted by atomic mass is 16.5. The molecule has 0 unspecified atom stereocenters. The molecule has 0 spiro atoms. The molecule has 0 aliphatic carbocycles. The average Bonchev–Trinajstić information content (AvgIpc) is 2.67. The van der Waals surface area contributed by atoms with Gasteiger partial charge in [-0.3, -0.25) is 4.79 Å². The summed E-state index contributed by atoms with van der Waals surface area (Å²) in [6, 6.07) is 16.5. The Hall–Kier alpha value is -2.33. The highest BCUT2D eigenvalue weighted by Gasteiger charge is 2.18. The summed E-state index contributed by atoms with van der Waals surface area (Å²) in [5, 5.41) is 3.00. The molecule has 1 heterocycles. The molecule has 0 aromatic heterocycles. The van der Waals surface area contributed by atoms with Gasteiger partial charge in [0.05, 0.1) is 6.10 Å². The summed E-state index contributed by atoms with van der Waals surface area (Å²) in [5.74, 6) is 0.0557. The number of rotatable bonds is 6. The van der Waals surface area contributed by atoms with Gasteiger partial charge in [-0.05, 0) is 56.0 Å². The van der Waals surface area contributed by atoms with Crippen LogP contribution in [0.1, 0.15) is 30.4 Å². The number of nitrogens with one attached hydrogen (secondary N) is 1. The summed E-state index contributed by atoms with van der Waals surface area (Å²) in [5.41, 5.74) is 4.50. The topological polar surface area (TPSA) is 41.6 Å². The van der Waals surface area contributed by atoms with Gasteiger partial charge >= 0.3 is 0 Å². The second-order valence-electron chi connectivity index (χ2n) is 7.01. The molecule has 2 aromatic carbocycles. The lowest BCUT2D eigenvalue weighted by Crippen LogP contribution is -2.36. The summed E-state index contributed by atoms with van der Waals surface area (Å²) in [6.45, 7) is 4.10. The van der Waals surface area contributed by atoms with E-state index in [2.05, 4.69) is 47.5 Å². The molecule has 0 bridgehead atoms. The minimum atomic E-state index is 0.0557. The van der Waals surface area contributed by atoms with Gasteiger partial charge in [0.2, 0.25) is 5.91 Å². The molecule has 0 atom stereocenters. The van der Waals surface area contributed by atoms with Gasteiger partial charge in [-0.15, -0.1) is 0 Å². The van der Waals surface area contributed by atoms with Crippen LogP contribution in [0.5, 0.6) is 0 Å². The summed E-state index contributed by atoms with van der Waals surface area (Å²) in [6.07, 6.45) is 3.77. The standard InChI is InChI=1S/C22H28N2O2/c1-17-4-3-5-18(16-17)6-11-22(25)23-19-7-9-20(10-8-19)24-14-12-21(26-2)13-15-24/h3-5,7-10,16,21H,6,11-15H2,1-2H3,(H,23,25). The van der Waals surface area contributed by atoms with Gasteiger partial charge in [0.15, 0.2) is 0 Å². The third-order valence-corrected chi connectivity index (χ3v) is 5.01. The Bertz CT molecular complexity index is 719. The number of amides is 1. The maximum Gasteiger partial charge on any atom is 0.224 e. The third kappa shape index (κ3) is 5.09. The van der Waals surface area contributed by atoms with Crippen LogP contribution in [0.4, 0.5) is 11.4 Å². The first-order chi connectivity index (χ1) is 12.6. The molecule has 1 aliphatic rings. The minimum absolute atomic E-state index is 0.0557. The van der Waals surface area contributed by atoms with Crippen LogP contribution in [-0.2, 0) is 16.0 Å². The molecule has 1 aliphatic heterocycles. The van der Waals surface area contributed by atoms with Crippen molar-refractivity contribution >= 4 is 17.3 Å². The molecule has 4 heteroatoms. The number of hydrogen-bond acceptors (Lipinski definition) is 3. The maximum absolute atomic E-state index is 12.2. The quantitative estimate of drug-likeness (QED) is 0.848. The fraction of sp³-hybridized carbons (Fsp3) is 0.409. The molecule has 2 aromatic rings. The van der Waals surface area contributed by atoms with E-state index in [1.54, 1.807) is 7.11 Å². The van der Waals surface area contributed by atoms with Gasteiger partial charge in [0.25, 0.3) is 0 Å². The molecule has 1 fully saturated rings. The molecule has 26 heavy (non-hydrogen) atoms. The van der Waals surface area contributed by atoms with Gasteiger partial charge in [-0.1, -0.05) is 29.8 Å².